The van der Waals surface area contributed by atoms with Gasteiger partial charge in [0.1, 0.15) is 6.54 Å². The Morgan fingerprint density at radius 3 is 2.54 bits per heavy atom. The molecule has 3 aromatic carbocycles. The number of benzene rings is 3. The van der Waals surface area contributed by atoms with Crippen LogP contribution in [0.5, 0.6) is 0 Å². The molecule has 24 heavy (non-hydrogen) atoms. The standard InChI is InChI=1S/C22H21NO/c1-16(2)6-5-13-23-15-22(24)19-11-12-21-18(14-19)10-9-17-7-3-4-8-20(17)21/h3-14,23H,15H2,1-2H3/p+1/b13-5-. The van der Waals surface area contributed by atoms with Crippen LogP contribution in [0.15, 0.2) is 78.5 Å². The van der Waals surface area contributed by atoms with Crippen LogP contribution in [0.2, 0.25) is 0 Å². The minimum absolute atomic E-state index is 0.145. The highest BCUT2D eigenvalue weighted by atomic mass is 16.1. The molecule has 0 saturated heterocycles. The van der Waals surface area contributed by atoms with E-state index in [9.17, 15) is 4.79 Å². The molecule has 0 aromatic heterocycles. The molecule has 0 aliphatic rings. The maximum atomic E-state index is 12.4. The number of fused-ring (bicyclic) bond motifs is 3. The first-order valence-corrected chi connectivity index (χ1v) is 8.23. The molecule has 0 heterocycles. The summed E-state index contributed by atoms with van der Waals surface area (Å²) in [6.07, 6.45) is 5.93. The number of carbonyl (C=O) groups excluding carboxylic acids is 1. The van der Waals surface area contributed by atoms with Crippen molar-refractivity contribution in [2.24, 2.45) is 0 Å². The predicted molar refractivity (Wildman–Crippen MR) is 101 cm³/mol. The second-order valence-electron chi connectivity index (χ2n) is 6.21. The lowest BCUT2D eigenvalue weighted by Gasteiger charge is -2.05. The number of quaternary nitrogens is 1. The van der Waals surface area contributed by atoms with Crippen LogP contribution < -0.4 is 5.32 Å². The molecule has 2 N–H and O–H groups in total. The van der Waals surface area contributed by atoms with E-state index in [2.05, 4.69) is 36.4 Å². The summed E-state index contributed by atoms with van der Waals surface area (Å²) in [4.78, 5) is 12.4. The molecule has 0 radical (unpaired) electrons. The van der Waals surface area contributed by atoms with Crippen molar-refractivity contribution in [3.63, 3.8) is 0 Å². The van der Waals surface area contributed by atoms with Crippen LogP contribution in [0.25, 0.3) is 21.5 Å². The molecule has 0 aliphatic carbocycles. The molecule has 0 amide bonds. The third-order valence-corrected chi connectivity index (χ3v) is 4.05. The van der Waals surface area contributed by atoms with Gasteiger partial charge in [0.15, 0.2) is 0 Å². The first kappa shape index (κ1) is 16.2. The zero-order valence-electron chi connectivity index (χ0n) is 14.1. The van der Waals surface area contributed by atoms with E-state index in [0.717, 1.165) is 10.9 Å². The molecule has 0 aliphatic heterocycles. The van der Waals surface area contributed by atoms with Crippen LogP contribution in [0.3, 0.4) is 0 Å². The highest BCUT2D eigenvalue weighted by molar-refractivity contribution is 6.09. The van der Waals surface area contributed by atoms with Gasteiger partial charge in [-0.05, 0) is 47.5 Å². The van der Waals surface area contributed by atoms with E-state index in [1.807, 2.05) is 55.7 Å². The molecule has 0 bridgehead atoms. The van der Waals surface area contributed by atoms with E-state index < -0.39 is 0 Å². The van der Waals surface area contributed by atoms with Gasteiger partial charge in [-0.15, -0.1) is 0 Å². The minimum atomic E-state index is 0.145. The SMILES string of the molecule is CC(C)=C/C=C\[NH2+]CC(=O)c1ccc2c(ccc3ccccc32)c1. The first-order chi connectivity index (χ1) is 11.6. The normalized spacial score (nSPS) is 11.2. The van der Waals surface area contributed by atoms with Gasteiger partial charge in [0.2, 0.25) is 5.78 Å². The molecule has 0 saturated carbocycles. The molecule has 0 spiro atoms. The summed E-state index contributed by atoms with van der Waals surface area (Å²) >= 11 is 0. The Hall–Kier alpha value is -2.71. The van der Waals surface area contributed by atoms with Gasteiger partial charge in [-0.1, -0.05) is 60.2 Å². The number of Topliss-reactive ketones (excluding diaryl/α,β-unsaturated/α-hetero) is 1. The summed E-state index contributed by atoms with van der Waals surface area (Å²) in [6.45, 7) is 4.52. The van der Waals surface area contributed by atoms with Crippen LogP contribution in [-0.2, 0) is 0 Å². The fraction of sp³-hybridized carbons (Fsp3) is 0.136. The number of rotatable bonds is 5. The third kappa shape index (κ3) is 3.61. The zero-order valence-corrected chi connectivity index (χ0v) is 14.1. The monoisotopic (exact) mass is 316 g/mol. The van der Waals surface area contributed by atoms with Gasteiger partial charge in [-0.2, -0.15) is 0 Å². The molecule has 2 heteroatoms. The number of allylic oxidation sites excluding steroid dienone is 3. The predicted octanol–water partition coefficient (Wildman–Crippen LogP) is 4.22. The van der Waals surface area contributed by atoms with Crippen molar-refractivity contribution >= 4 is 27.3 Å². The molecule has 120 valence electrons. The maximum absolute atomic E-state index is 12.4. The summed E-state index contributed by atoms with van der Waals surface area (Å²) in [6, 6.07) is 18.5. The summed E-state index contributed by atoms with van der Waals surface area (Å²) in [5.41, 5.74) is 2.01. The van der Waals surface area contributed by atoms with E-state index in [-0.39, 0.29) is 5.78 Å². The Bertz CT molecular complexity index is 947. The summed E-state index contributed by atoms with van der Waals surface area (Å²) in [5, 5.41) is 6.66. The number of carbonyl (C=O) groups is 1. The molecule has 2 nitrogen and oxygen atoms in total. The van der Waals surface area contributed by atoms with E-state index >= 15 is 0 Å². The number of hydrogen-bond donors (Lipinski definition) is 1. The summed E-state index contributed by atoms with van der Waals surface area (Å²) < 4.78 is 0. The second-order valence-corrected chi connectivity index (χ2v) is 6.21. The highest BCUT2D eigenvalue weighted by Gasteiger charge is 2.09. The number of ketones is 1. The van der Waals surface area contributed by atoms with Gasteiger partial charge in [0, 0.05) is 5.56 Å². The van der Waals surface area contributed by atoms with Gasteiger partial charge in [-0.3, -0.25) is 4.79 Å². The highest BCUT2D eigenvalue weighted by Crippen LogP contribution is 2.26. The molecule has 0 atom stereocenters. The van der Waals surface area contributed by atoms with E-state index in [0.29, 0.717) is 6.54 Å². The Balaban J connectivity index is 1.80. The van der Waals surface area contributed by atoms with Crippen LogP contribution in [0.1, 0.15) is 24.2 Å². The van der Waals surface area contributed by atoms with Crippen molar-refractivity contribution in [2.45, 2.75) is 13.8 Å². The van der Waals surface area contributed by atoms with Crippen LogP contribution >= 0.6 is 0 Å². The van der Waals surface area contributed by atoms with Gasteiger partial charge >= 0.3 is 0 Å². The fourth-order valence-corrected chi connectivity index (χ4v) is 2.81. The average Bonchev–Trinajstić information content (AvgIpc) is 2.60. The second kappa shape index (κ2) is 7.24. The van der Waals surface area contributed by atoms with Gasteiger partial charge < -0.3 is 5.32 Å². The van der Waals surface area contributed by atoms with Crippen molar-refractivity contribution in [3.8, 4) is 0 Å². The fourth-order valence-electron chi connectivity index (χ4n) is 2.81. The quantitative estimate of drug-likeness (QED) is 0.427. The van der Waals surface area contributed by atoms with E-state index in [1.165, 1.54) is 21.7 Å². The maximum Gasteiger partial charge on any atom is 0.217 e. The lowest BCUT2D eigenvalue weighted by Crippen LogP contribution is -2.79. The Morgan fingerprint density at radius 2 is 1.71 bits per heavy atom. The lowest BCUT2D eigenvalue weighted by molar-refractivity contribution is -0.574. The van der Waals surface area contributed by atoms with Gasteiger partial charge in [0.25, 0.3) is 0 Å². The largest absolute Gasteiger partial charge is 0.314 e. The van der Waals surface area contributed by atoms with E-state index in [4.69, 9.17) is 0 Å². The van der Waals surface area contributed by atoms with E-state index in [1.54, 1.807) is 0 Å². The number of hydrogen-bond acceptors (Lipinski definition) is 1. The molecular formula is C22H22NO+. The topological polar surface area (TPSA) is 33.7 Å². The van der Waals surface area contributed by atoms with Crippen molar-refractivity contribution in [2.75, 3.05) is 6.54 Å². The van der Waals surface area contributed by atoms with Crippen molar-refractivity contribution in [3.05, 3.63) is 84.1 Å². The Morgan fingerprint density at radius 1 is 0.958 bits per heavy atom. The lowest BCUT2D eigenvalue weighted by atomic mass is 9.99. The molecule has 0 fully saturated rings. The van der Waals surface area contributed by atoms with Gasteiger partial charge in [-0.25, -0.2) is 0 Å². The number of nitrogens with two attached hydrogens (primary N) is 1. The molecular weight excluding hydrogens is 294 g/mol. The third-order valence-electron chi connectivity index (χ3n) is 4.05. The van der Waals surface area contributed by atoms with Crippen LogP contribution in [0, 0.1) is 0 Å². The van der Waals surface area contributed by atoms with Crippen LogP contribution in [-0.4, -0.2) is 12.3 Å². The van der Waals surface area contributed by atoms with Crippen molar-refractivity contribution in [1.82, 2.24) is 0 Å². The van der Waals surface area contributed by atoms with Crippen LogP contribution in [0.4, 0.5) is 0 Å². The summed E-state index contributed by atoms with van der Waals surface area (Å²) in [5.74, 6) is 0.145. The Labute approximate surface area is 142 Å². The van der Waals surface area contributed by atoms with Crippen molar-refractivity contribution < 1.29 is 10.1 Å². The smallest absolute Gasteiger partial charge is 0.217 e. The Kier molecular flexibility index (Phi) is 4.88. The average molecular weight is 316 g/mol. The van der Waals surface area contributed by atoms with Gasteiger partial charge in [0.05, 0.1) is 6.20 Å². The molecule has 3 rings (SSSR count). The molecule has 3 aromatic rings. The van der Waals surface area contributed by atoms with Crippen molar-refractivity contribution in [1.29, 1.82) is 0 Å². The molecule has 0 unspecified atom stereocenters. The zero-order chi connectivity index (χ0) is 16.9. The summed E-state index contributed by atoms with van der Waals surface area (Å²) in [7, 11) is 0. The minimum Gasteiger partial charge on any atom is -0.314 e. The first-order valence-electron chi connectivity index (χ1n) is 8.23.